The molecule has 1 aromatic carbocycles. The summed E-state index contributed by atoms with van der Waals surface area (Å²) >= 11 is 0. The number of aromatic nitrogens is 4. The molecule has 2 aromatic heterocycles. The molecule has 0 spiro atoms. The highest BCUT2D eigenvalue weighted by Crippen LogP contribution is 2.06. The van der Waals surface area contributed by atoms with Crippen molar-refractivity contribution in [3.63, 3.8) is 0 Å². The van der Waals surface area contributed by atoms with Gasteiger partial charge in [0.15, 0.2) is 5.82 Å². The highest BCUT2D eigenvalue weighted by Gasteiger charge is 2.06. The SMILES string of the molecule is c1ccc(Cc2noc(CNCCn3cccn3)n2)cc1. The Kier molecular flexibility index (Phi) is 4.38. The Bertz CT molecular complexity index is 648. The first-order valence-corrected chi connectivity index (χ1v) is 6.94. The van der Waals surface area contributed by atoms with E-state index >= 15 is 0 Å². The maximum atomic E-state index is 5.23. The predicted molar refractivity (Wildman–Crippen MR) is 77.5 cm³/mol. The maximum Gasteiger partial charge on any atom is 0.240 e. The van der Waals surface area contributed by atoms with E-state index in [1.54, 1.807) is 6.20 Å². The van der Waals surface area contributed by atoms with Gasteiger partial charge in [0.2, 0.25) is 5.89 Å². The molecule has 6 nitrogen and oxygen atoms in total. The first-order chi connectivity index (χ1) is 10.4. The average Bonchev–Trinajstić information content (AvgIpc) is 3.17. The molecule has 0 aliphatic carbocycles. The van der Waals surface area contributed by atoms with E-state index in [0.717, 1.165) is 13.1 Å². The van der Waals surface area contributed by atoms with E-state index in [2.05, 4.69) is 32.7 Å². The molecule has 0 amide bonds. The van der Waals surface area contributed by atoms with Crippen LogP contribution in [-0.2, 0) is 19.5 Å². The van der Waals surface area contributed by atoms with Crippen LogP contribution >= 0.6 is 0 Å². The molecule has 108 valence electrons. The Labute approximate surface area is 122 Å². The van der Waals surface area contributed by atoms with Crippen LogP contribution in [0.2, 0.25) is 0 Å². The van der Waals surface area contributed by atoms with Gasteiger partial charge in [-0.15, -0.1) is 0 Å². The van der Waals surface area contributed by atoms with Gasteiger partial charge < -0.3 is 9.84 Å². The zero-order chi connectivity index (χ0) is 14.3. The van der Waals surface area contributed by atoms with Crippen molar-refractivity contribution < 1.29 is 4.52 Å². The fourth-order valence-corrected chi connectivity index (χ4v) is 2.03. The van der Waals surface area contributed by atoms with Crippen molar-refractivity contribution in [2.45, 2.75) is 19.5 Å². The van der Waals surface area contributed by atoms with Crippen LogP contribution in [0, 0.1) is 0 Å². The number of hydrogen-bond acceptors (Lipinski definition) is 5. The van der Waals surface area contributed by atoms with Crippen LogP contribution < -0.4 is 5.32 Å². The van der Waals surface area contributed by atoms with Crippen LogP contribution in [0.15, 0.2) is 53.3 Å². The van der Waals surface area contributed by atoms with E-state index < -0.39 is 0 Å². The largest absolute Gasteiger partial charge is 0.338 e. The number of rotatable bonds is 7. The van der Waals surface area contributed by atoms with Gasteiger partial charge in [-0.3, -0.25) is 4.68 Å². The van der Waals surface area contributed by atoms with Gasteiger partial charge in [0.1, 0.15) is 0 Å². The minimum atomic E-state index is 0.572. The van der Waals surface area contributed by atoms with Crippen molar-refractivity contribution in [2.24, 2.45) is 0 Å². The van der Waals surface area contributed by atoms with Crippen molar-refractivity contribution in [2.75, 3.05) is 6.54 Å². The lowest BCUT2D eigenvalue weighted by molar-refractivity contribution is 0.361. The lowest BCUT2D eigenvalue weighted by atomic mass is 10.1. The Hall–Kier alpha value is -2.47. The molecule has 0 fully saturated rings. The molecule has 2 heterocycles. The average molecular weight is 283 g/mol. The van der Waals surface area contributed by atoms with Crippen molar-refractivity contribution in [3.05, 3.63) is 66.1 Å². The Morgan fingerprint density at radius 2 is 2.05 bits per heavy atom. The number of hydrogen-bond donors (Lipinski definition) is 1. The summed E-state index contributed by atoms with van der Waals surface area (Å²) in [5.74, 6) is 1.33. The minimum Gasteiger partial charge on any atom is -0.338 e. The van der Waals surface area contributed by atoms with E-state index in [0.29, 0.717) is 24.7 Å². The number of nitrogens with zero attached hydrogens (tertiary/aromatic N) is 4. The van der Waals surface area contributed by atoms with Gasteiger partial charge in [-0.1, -0.05) is 35.5 Å². The lowest BCUT2D eigenvalue weighted by Crippen LogP contribution is -2.19. The van der Waals surface area contributed by atoms with E-state index in [-0.39, 0.29) is 0 Å². The third-order valence-corrected chi connectivity index (χ3v) is 3.07. The van der Waals surface area contributed by atoms with Gasteiger partial charge in [0.05, 0.1) is 13.1 Å². The smallest absolute Gasteiger partial charge is 0.240 e. The first-order valence-electron chi connectivity index (χ1n) is 6.94. The van der Waals surface area contributed by atoms with Crippen molar-refractivity contribution >= 4 is 0 Å². The first kappa shape index (κ1) is 13.5. The second kappa shape index (κ2) is 6.81. The third kappa shape index (κ3) is 4.00. The summed E-state index contributed by atoms with van der Waals surface area (Å²) in [5.41, 5.74) is 1.18. The molecule has 0 aliphatic rings. The molecule has 0 unspecified atom stereocenters. The van der Waals surface area contributed by atoms with Crippen LogP contribution in [0.1, 0.15) is 17.3 Å². The summed E-state index contributed by atoms with van der Waals surface area (Å²) < 4.78 is 7.10. The Morgan fingerprint density at radius 1 is 1.14 bits per heavy atom. The molecule has 0 saturated heterocycles. The van der Waals surface area contributed by atoms with Crippen LogP contribution in [0.4, 0.5) is 0 Å². The number of benzene rings is 1. The molecule has 0 atom stereocenters. The zero-order valence-electron chi connectivity index (χ0n) is 11.6. The summed E-state index contributed by atoms with van der Waals surface area (Å²) in [6.45, 7) is 2.19. The van der Waals surface area contributed by atoms with Gasteiger partial charge in [-0.2, -0.15) is 10.1 Å². The monoisotopic (exact) mass is 283 g/mol. The molecular weight excluding hydrogens is 266 g/mol. The third-order valence-electron chi connectivity index (χ3n) is 3.07. The molecule has 3 aromatic rings. The van der Waals surface area contributed by atoms with Crippen LogP contribution in [0.25, 0.3) is 0 Å². The normalized spacial score (nSPS) is 10.9. The second-order valence-electron chi connectivity index (χ2n) is 4.71. The second-order valence-corrected chi connectivity index (χ2v) is 4.71. The Balaban J connectivity index is 1.44. The molecular formula is C15H17N5O. The lowest BCUT2D eigenvalue weighted by Gasteiger charge is -2.01. The predicted octanol–water partition coefficient (Wildman–Crippen LogP) is 1.65. The summed E-state index contributed by atoms with van der Waals surface area (Å²) in [7, 11) is 0. The van der Waals surface area contributed by atoms with Crippen LogP contribution in [0.3, 0.4) is 0 Å². The molecule has 0 bridgehead atoms. The van der Waals surface area contributed by atoms with Gasteiger partial charge in [0, 0.05) is 25.4 Å². The van der Waals surface area contributed by atoms with E-state index in [9.17, 15) is 0 Å². The molecule has 1 N–H and O–H groups in total. The number of nitrogens with one attached hydrogen (secondary N) is 1. The highest BCUT2D eigenvalue weighted by atomic mass is 16.5. The van der Waals surface area contributed by atoms with Gasteiger partial charge in [-0.25, -0.2) is 0 Å². The summed E-state index contributed by atoms with van der Waals surface area (Å²) in [6.07, 6.45) is 4.40. The van der Waals surface area contributed by atoms with Crippen LogP contribution in [-0.4, -0.2) is 26.5 Å². The topological polar surface area (TPSA) is 68.8 Å². The van der Waals surface area contributed by atoms with Crippen molar-refractivity contribution in [1.82, 2.24) is 25.2 Å². The summed E-state index contributed by atoms with van der Waals surface area (Å²) in [6, 6.07) is 12.0. The Morgan fingerprint density at radius 3 is 2.86 bits per heavy atom. The molecule has 0 aliphatic heterocycles. The maximum absolute atomic E-state index is 5.23. The van der Waals surface area contributed by atoms with Crippen molar-refractivity contribution in [1.29, 1.82) is 0 Å². The van der Waals surface area contributed by atoms with Crippen LogP contribution in [0.5, 0.6) is 0 Å². The molecule has 0 saturated carbocycles. The van der Waals surface area contributed by atoms with E-state index in [4.69, 9.17) is 4.52 Å². The molecule has 21 heavy (non-hydrogen) atoms. The van der Waals surface area contributed by atoms with Crippen molar-refractivity contribution in [3.8, 4) is 0 Å². The van der Waals surface area contributed by atoms with Gasteiger partial charge in [-0.05, 0) is 11.6 Å². The quantitative estimate of drug-likeness (QED) is 0.668. The van der Waals surface area contributed by atoms with Gasteiger partial charge >= 0.3 is 0 Å². The van der Waals surface area contributed by atoms with Gasteiger partial charge in [0.25, 0.3) is 0 Å². The molecule has 6 heteroatoms. The summed E-state index contributed by atoms with van der Waals surface area (Å²) in [4.78, 5) is 4.38. The standard InChI is InChI=1S/C15H17N5O/c1-2-5-13(6-3-1)11-14-18-15(21-19-14)12-16-8-10-20-9-4-7-17-20/h1-7,9,16H,8,10-12H2. The molecule has 0 radical (unpaired) electrons. The fourth-order valence-electron chi connectivity index (χ4n) is 2.03. The van der Waals surface area contributed by atoms with E-state index in [1.165, 1.54) is 5.56 Å². The summed E-state index contributed by atoms with van der Waals surface area (Å²) in [5, 5.41) is 11.4. The molecule has 3 rings (SSSR count). The van der Waals surface area contributed by atoms with E-state index in [1.807, 2.05) is 35.1 Å². The zero-order valence-corrected chi connectivity index (χ0v) is 11.6. The minimum absolute atomic E-state index is 0.572. The highest BCUT2D eigenvalue weighted by molar-refractivity contribution is 5.18. The fraction of sp³-hybridized carbons (Fsp3) is 0.267.